The van der Waals surface area contributed by atoms with Crippen LogP contribution in [0.25, 0.3) is 11.1 Å². The molecule has 0 radical (unpaired) electrons. The van der Waals surface area contributed by atoms with Crippen LogP contribution >= 0.6 is 0 Å². The zero-order valence-corrected chi connectivity index (χ0v) is 15.4. The molecule has 6 nitrogen and oxygen atoms in total. The van der Waals surface area contributed by atoms with Gasteiger partial charge in [0.15, 0.2) is 0 Å². The minimum Gasteiger partial charge on any atom is -0.465 e. The lowest BCUT2D eigenvalue weighted by Gasteiger charge is -2.10. The summed E-state index contributed by atoms with van der Waals surface area (Å²) in [6.07, 6.45) is 0. The third kappa shape index (κ3) is 3.79. The van der Waals surface area contributed by atoms with Crippen LogP contribution in [0.15, 0.2) is 59.0 Å². The number of nitrogens with zero attached hydrogens (tertiary/aromatic N) is 1. The monoisotopic (exact) mass is 375 g/mol. The van der Waals surface area contributed by atoms with Crippen LogP contribution in [0.4, 0.5) is 0 Å². The van der Waals surface area contributed by atoms with Gasteiger partial charge in [-0.1, -0.05) is 36.4 Å². The fourth-order valence-corrected chi connectivity index (χ4v) is 2.85. The van der Waals surface area contributed by atoms with Gasteiger partial charge in [-0.3, -0.25) is 0 Å². The summed E-state index contributed by atoms with van der Waals surface area (Å²) in [6.45, 7) is 1.50. The molecule has 0 saturated heterocycles. The van der Waals surface area contributed by atoms with Gasteiger partial charge in [-0.15, -0.1) is 0 Å². The molecular weight excluding hydrogens is 358 g/mol. The van der Waals surface area contributed by atoms with Crippen molar-refractivity contribution in [2.45, 2.75) is 13.5 Å². The Labute approximate surface area is 161 Å². The molecule has 0 saturated carbocycles. The first-order chi connectivity index (χ1) is 13.5. The standard InChI is InChI=1S/C22H17NO5/c1-14-20(21(24)26-2)11-16(28-14)13-27-22(25)19-10-6-5-9-18(19)17-8-4-3-7-15(17)12-23/h3-11H,13H2,1-2H3. The SMILES string of the molecule is COC(=O)c1cc(COC(=O)c2ccccc2-c2ccccc2C#N)oc1C. The van der Waals surface area contributed by atoms with Gasteiger partial charge in [-0.2, -0.15) is 5.26 Å². The van der Waals surface area contributed by atoms with Gasteiger partial charge >= 0.3 is 11.9 Å². The Balaban J connectivity index is 1.83. The molecule has 3 rings (SSSR count). The van der Waals surface area contributed by atoms with Gasteiger partial charge in [-0.05, 0) is 30.7 Å². The highest BCUT2D eigenvalue weighted by Crippen LogP contribution is 2.27. The number of methoxy groups -OCH3 is 1. The van der Waals surface area contributed by atoms with E-state index in [-0.39, 0.29) is 12.2 Å². The van der Waals surface area contributed by atoms with Crippen LogP contribution in [-0.2, 0) is 16.1 Å². The molecular formula is C22H17NO5. The molecule has 0 atom stereocenters. The Hall–Kier alpha value is -3.85. The second-order valence-corrected chi connectivity index (χ2v) is 5.95. The van der Waals surface area contributed by atoms with Crippen molar-refractivity contribution >= 4 is 11.9 Å². The van der Waals surface area contributed by atoms with Crippen LogP contribution in [0, 0.1) is 18.3 Å². The maximum atomic E-state index is 12.7. The zero-order chi connectivity index (χ0) is 20.1. The van der Waals surface area contributed by atoms with Crippen LogP contribution in [-0.4, -0.2) is 19.0 Å². The molecule has 0 unspecified atom stereocenters. The number of furan rings is 1. The molecule has 0 fully saturated rings. The van der Waals surface area contributed by atoms with Crippen molar-refractivity contribution in [1.29, 1.82) is 5.26 Å². The van der Waals surface area contributed by atoms with Gasteiger partial charge in [0.1, 0.15) is 23.7 Å². The van der Waals surface area contributed by atoms with Crippen molar-refractivity contribution in [1.82, 2.24) is 0 Å². The maximum absolute atomic E-state index is 12.7. The summed E-state index contributed by atoms with van der Waals surface area (Å²) in [5.74, 6) is -0.350. The molecule has 0 N–H and O–H groups in total. The smallest absolute Gasteiger partial charge is 0.341 e. The summed E-state index contributed by atoms with van der Waals surface area (Å²) >= 11 is 0. The molecule has 0 amide bonds. The Morgan fingerprint density at radius 2 is 1.68 bits per heavy atom. The highest BCUT2D eigenvalue weighted by atomic mass is 16.5. The highest BCUT2D eigenvalue weighted by Gasteiger charge is 2.19. The Morgan fingerprint density at radius 1 is 1.00 bits per heavy atom. The number of nitriles is 1. The van der Waals surface area contributed by atoms with Gasteiger partial charge in [0.25, 0.3) is 0 Å². The summed E-state index contributed by atoms with van der Waals surface area (Å²) in [5, 5.41) is 9.34. The van der Waals surface area contributed by atoms with E-state index in [1.807, 2.05) is 0 Å². The van der Waals surface area contributed by atoms with Crippen molar-refractivity contribution in [3.63, 3.8) is 0 Å². The molecule has 1 aromatic heterocycles. The van der Waals surface area contributed by atoms with E-state index in [9.17, 15) is 14.9 Å². The van der Waals surface area contributed by atoms with Gasteiger partial charge < -0.3 is 13.9 Å². The number of hydrogen-bond donors (Lipinski definition) is 0. The van der Waals surface area contributed by atoms with Crippen LogP contribution in [0.1, 0.15) is 37.8 Å². The Kier molecular flexibility index (Phi) is 5.56. The molecule has 0 spiro atoms. The number of aryl methyl sites for hydroxylation is 1. The van der Waals surface area contributed by atoms with E-state index >= 15 is 0 Å². The van der Waals surface area contributed by atoms with Crippen LogP contribution in [0.5, 0.6) is 0 Å². The largest absolute Gasteiger partial charge is 0.465 e. The fourth-order valence-electron chi connectivity index (χ4n) is 2.85. The average Bonchev–Trinajstić information content (AvgIpc) is 3.11. The third-order valence-electron chi connectivity index (χ3n) is 4.20. The van der Waals surface area contributed by atoms with Crippen LogP contribution in [0.3, 0.4) is 0 Å². The second kappa shape index (κ2) is 8.23. The van der Waals surface area contributed by atoms with Crippen molar-refractivity contribution in [3.05, 3.63) is 82.8 Å². The van der Waals surface area contributed by atoms with Crippen molar-refractivity contribution < 1.29 is 23.5 Å². The number of benzene rings is 2. The number of carbonyl (C=O) groups excluding carboxylic acids is 2. The molecule has 1 heterocycles. The van der Waals surface area contributed by atoms with E-state index in [4.69, 9.17) is 9.15 Å². The number of carbonyl (C=O) groups is 2. The lowest BCUT2D eigenvalue weighted by atomic mass is 9.96. The lowest BCUT2D eigenvalue weighted by molar-refractivity contribution is 0.0445. The summed E-state index contributed by atoms with van der Waals surface area (Å²) in [6, 6.07) is 17.6. The van der Waals surface area contributed by atoms with Crippen molar-refractivity contribution in [2.75, 3.05) is 7.11 Å². The summed E-state index contributed by atoms with van der Waals surface area (Å²) in [4.78, 5) is 24.3. The number of hydrogen-bond acceptors (Lipinski definition) is 6. The highest BCUT2D eigenvalue weighted by molar-refractivity contribution is 5.98. The topological polar surface area (TPSA) is 89.5 Å². The van der Waals surface area contributed by atoms with Gasteiger partial charge in [0.05, 0.1) is 24.3 Å². The minimum absolute atomic E-state index is 0.134. The van der Waals surface area contributed by atoms with Crippen LogP contribution < -0.4 is 0 Å². The van der Waals surface area contributed by atoms with E-state index in [0.29, 0.717) is 33.8 Å². The molecule has 3 aromatic rings. The number of ether oxygens (including phenoxy) is 2. The fraction of sp³-hybridized carbons (Fsp3) is 0.136. The summed E-state index contributed by atoms with van der Waals surface area (Å²) in [7, 11) is 1.28. The molecule has 28 heavy (non-hydrogen) atoms. The Morgan fingerprint density at radius 3 is 2.39 bits per heavy atom. The van der Waals surface area contributed by atoms with Crippen molar-refractivity contribution in [3.8, 4) is 17.2 Å². The summed E-state index contributed by atoms with van der Waals surface area (Å²) in [5.41, 5.74) is 2.35. The van der Waals surface area contributed by atoms with E-state index in [2.05, 4.69) is 10.8 Å². The predicted molar refractivity (Wildman–Crippen MR) is 100 cm³/mol. The number of rotatable bonds is 5. The number of esters is 2. The maximum Gasteiger partial charge on any atom is 0.341 e. The molecule has 0 aliphatic heterocycles. The average molecular weight is 375 g/mol. The van der Waals surface area contributed by atoms with Gasteiger partial charge in [0.2, 0.25) is 0 Å². The van der Waals surface area contributed by atoms with Crippen LogP contribution in [0.2, 0.25) is 0 Å². The molecule has 0 aliphatic carbocycles. The third-order valence-corrected chi connectivity index (χ3v) is 4.20. The quantitative estimate of drug-likeness (QED) is 0.619. The summed E-state index contributed by atoms with van der Waals surface area (Å²) < 4.78 is 15.5. The molecule has 6 heteroatoms. The first-order valence-corrected chi connectivity index (χ1v) is 8.48. The molecule has 0 bridgehead atoms. The first-order valence-electron chi connectivity index (χ1n) is 8.48. The van der Waals surface area contributed by atoms with E-state index < -0.39 is 11.9 Å². The predicted octanol–water partition coefficient (Wildman–Crippen LogP) is 4.27. The van der Waals surface area contributed by atoms with E-state index in [1.54, 1.807) is 55.5 Å². The zero-order valence-electron chi connectivity index (χ0n) is 15.4. The second-order valence-electron chi connectivity index (χ2n) is 5.95. The molecule has 0 aliphatic rings. The minimum atomic E-state index is -0.558. The normalized spacial score (nSPS) is 10.2. The Bertz CT molecular complexity index is 1070. The molecule has 140 valence electrons. The first kappa shape index (κ1) is 18.9. The van der Waals surface area contributed by atoms with Crippen molar-refractivity contribution in [2.24, 2.45) is 0 Å². The van der Waals surface area contributed by atoms with E-state index in [1.165, 1.54) is 13.2 Å². The van der Waals surface area contributed by atoms with Gasteiger partial charge in [0, 0.05) is 5.56 Å². The van der Waals surface area contributed by atoms with Gasteiger partial charge in [-0.25, -0.2) is 9.59 Å². The van der Waals surface area contributed by atoms with E-state index in [0.717, 1.165) is 0 Å². The molecule has 2 aromatic carbocycles. The lowest BCUT2D eigenvalue weighted by Crippen LogP contribution is -2.07.